The molecule has 0 fully saturated rings. The topological polar surface area (TPSA) is 121 Å². The van der Waals surface area contributed by atoms with Crippen molar-refractivity contribution in [2.24, 2.45) is 11.8 Å². The summed E-state index contributed by atoms with van der Waals surface area (Å²) in [6.07, 6.45) is 0.825. The first kappa shape index (κ1) is 44.9. The maximum absolute atomic E-state index is 12.6. The number of carboxylic acids is 2. The zero-order valence-electron chi connectivity index (χ0n) is 33.0. The summed E-state index contributed by atoms with van der Waals surface area (Å²) in [6.45, 7) is 34.5. The van der Waals surface area contributed by atoms with E-state index in [0.29, 0.717) is 29.4 Å². The average Bonchev–Trinajstić information content (AvgIpc) is 2.77. The van der Waals surface area contributed by atoms with E-state index in [1.165, 1.54) is 0 Å². The van der Waals surface area contributed by atoms with E-state index in [1.807, 2.05) is 19.1 Å². The molecule has 2 atom stereocenters. The summed E-state index contributed by atoms with van der Waals surface area (Å²) in [5, 5.41) is 20.5. The Morgan fingerprint density at radius 2 is 1.02 bits per heavy atom. The predicted octanol–water partition coefficient (Wildman–Crippen LogP) is 9.37. The number of allylic oxidation sites excluding steroid dienone is 1. The van der Waals surface area contributed by atoms with Gasteiger partial charge in [0.15, 0.2) is 33.3 Å². The van der Waals surface area contributed by atoms with Crippen LogP contribution in [-0.4, -0.2) is 79.7 Å². The largest absolute Gasteiger partial charge is 0.497 e. The Balaban J connectivity index is 3.76. The van der Waals surface area contributed by atoms with E-state index in [1.54, 1.807) is 13.2 Å². The van der Waals surface area contributed by atoms with Crippen LogP contribution in [0.15, 0.2) is 23.8 Å². The van der Waals surface area contributed by atoms with Gasteiger partial charge in [0.2, 0.25) is 0 Å². The highest BCUT2D eigenvalue weighted by atomic mass is 28.5. The molecule has 9 nitrogen and oxygen atoms in total. The number of aliphatic carboxylic acids is 2. The highest BCUT2D eigenvalue weighted by Gasteiger charge is 2.43. The SMILES string of the molecule is COc1ccc(C(CC(C)C[Si](C)(O[Si](C)(C)C)O[Si](C)(C)C)=C(C(=O)O)C(=O)O)c(CC(C)C[Si](C)(O[Si](C)(C)C)O[Si](C)(C)C)c1. The average molecular weight is 775 g/mol. The number of carboxylic acid groups (broad SMARTS) is 2. The van der Waals surface area contributed by atoms with Gasteiger partial charge in [-0.3, -0.25) is 0 Å². The van der Waals surface area contributed by atoms with Crippen molar-refractivity contribution in [2.75, 3.05) is 7.11 Å². The van der Waals surface area contributed by atoms with Crippen LogP contribution in [-0.2, 0) is 32.5 Å². The number of benzene rings is 1. The van der Waals surface area contributed by atoms with Crippen LogP contribution in [0, 0.1) is 11.8 Å². The lowest BCUT2D eigenvalue weighted by Gasteiger charge is -2.40. The van der Waals surface area contributed by atoms with E-state index in [9.17, 15) is 19.8 Å². The number of hydrogen-bond donors (Lipinski definition) is 2. The van der Waals surface area contributed by atoms with Gasteiger partial charge in [0.05, 0.1) is 7.11 Å². The van der Waals surface area contributed by atoms with Gasteiger partial charge in [-0.05, 0) is 157 Å². The molecule has 0 aliphatic heterocycles. The standard InChI is InChI=1S/C33H66O9Si6/c1-25(23-47(16,39-43(4,5)6)40-44(7,8)9)20-27-22-28(38-3)18-19-29(27)30(31(32(34)35)33(36)37)21-26(2)24-48(17,41-45(10,11)12)42-46(13,14)15/h18-19,22,25-26H,20-21,23-24H2,1-17H3,(H,34,35)(H,36,37). The highest BCUT2D eigenvalue weighted by Crippen LogP contribution is 2.38. The van der Waals surface area contributed by atoms with Gasteiger partial charge in [0.25, 0.3) is 0 Å². The fourth-order valence-corrected chi connectivity index (χ4v) is 32.8. The minimum atomic E-state index is -2.69. The molecule has 48 heavy (non-hydrogen) atoms. The van der Waals surface area contributed by atoms with E-state index in [4.69, 9.17) is 21.2 Å². The van der Waals surface area contributed by atoms with Gasteiger partial charge in [-0.25, -0.2) is 9.59 Å². The Hall–Kier alpha value is -1.16. The molecule has 1 aromatic carbocycles. The third-order valence-electron chi connectivity index (χ3n) is 7.01. The maximum atomic E-state index is 12.6. The Bertz CT molecular complexity index is 1240. The van der Waals surface area contributed by atoms with E-state index in [0.717, 1.165) is 11.6 Å². The van der Waals surface area contributed by atoms with Crippen LogP contribution < -0.4 is 4.74 Å². The van der Waals surface area contributed by atoms with E-state index in [2.05, 4.69) is 98.6 Å². The fraction of sp³-hybridized carbons (Fsp3) is 0.697. The van der Waals surface area contributed by atoms with Crippen LogP contribution in [0.3, 0.4) is 0 Å². The number of hydrogen-bond acceptors (Lipinski definition) is 7. The van der Waals surface area contributed by atoms with Crippen LogP contribution in [0.2, 0.25) is 104 Å². The Morgan fingerprint density at radius 1 is 0.646 bits per heavy atom. The van der Waals surface area contributed by atoms with Crippen molar-refractivity contribution in [3.05, 3.63) is 34.9 Å². The van der Waals surface area contributed by atoms with Gasteiger partial charge in [-0.2, -0.15) is 0 Å². The molecule has 0 saturated heterocycles. The minimum absolute atomic E-state index is 0.101. The summed E-state index contributed by atoms with van der Waals surface area (Å²) >= 11 is 0. The molecule has 0 aliphatic carbocycles. The molecule has 0 bridgehead atoms. The molecule has 0 heterocycles. The quantitative estimate of drug-likeness (QED) is 0.0578. The monoisotopic (exact) mass is 774 g/mol. The second-order valence-corrected chi connectivity index (χ2v) is 43.2. The van der Waals surface area contributed by atoms with Crippen LogP contribution in [0.4, 0.5) is 0 Å². The van der Waals surface area contributed by atoms with Crippen molar-refractivity contribution < 1.29 is 41.0 Å². The van der Waals surface area contributed by atoms with Gasteiger partial charge < -0.3 is 31.4 Å². The summed E-state index contributed by atoms with van der Waals surface area (Å²) in [7, 11) is -11.5. The first-order valence-electron chi connectivity index (χ1n) is 17.0. The highest BCUT2D eigenvalue weighted by molar-refractivity contribution is 6.88. The molecule has 0 aromatic heterocycles. The van der Waals surface area contributed by atoms with Crippen LogP contribution >= 0.6 is 0 Å². The number of ether oxygens (including phenoxy) is 1. The molecule has 15 heteroatoms. The van der Waals surface area contributed by atoms with Crippen LogP contribution in [0.25, 0.3) is 5.57 Å². The normalized spacial score (nSPS) is 14.8. The minimum Gasteiger partial charge on any atom is -0.497 e. The summed E-state index contributed by atoms with van der Waals surface area (Å²) in [5.74, 6) is -2.27. The molecule has 1 aromatic rings. The van der Waals surface area contributed by atoms with Gasteiger partial charge in [-0.15, -0.1) is 0 Å². The fourth-order valence-electron chi connectivity index (χ4n) is 6.79. The smallest absolute Gasteiger partial charge is 0.343 e. The molecule has 0 saturated carbocycles. The Morgan fingerprint density at radius 3 is 1.35 bits per heavy atom. The maximum Gasteiger partial charge on any atom is 0.343 e. The number of rotatable bonds is 20. The summed E-state index contributed by atoms with van der Waals surface area (Å²) in [6, 6.07) is 6.88. The third-order valence-corrected chi connectivity index (χ3v) is 26.6. The Kier molecular flexibility index (Phi) is 15.8. The van der Waals surface area contributed by atoms with Crippen LogP contribution in [0.1, 0.15) is 31.4 Å². The van der Waals surface area contributed by atoms with Crippen molar-refractivity contribution in [3.8, 4) is 5.75 Å². The zero-order valence-corrected chi connectivity index (χ0v) is 39.0. The molecular weight excluding hydrogens is 709 g/mol. The lowest BCUT2D eigenvalue weighted by molar-refractivity contribution is -0.140. The van der Waals surface area contributed by atoms with Crippen LogP contribution in [0.5, 0.6) is 5.75 Å². The van der Waals surface area contributed by atoms with Crippen molar-refractivity contribution in [2.45, 2.75) is 130 Å². The van der Waals surface area contributed by atoms with Gasteiger partial charge in [0, 0.05) is 0 Å². The molecular formula is C33H66O9Si6. The van der Waals surface area contributed by atoms with Gasteiger partial charge in [0.1, 0.15) is 11.3 Å². The zero-order chi connectivity index (χ0) is 37.7. The van der Waals surface area contributed by atoms with Crippen molar-refractivity contribution in [1.82, 2.24) is 0 Å². The second kappa shape index (κ2) is 16.9. The van der Waals surface area contributed by atoms with E-state index >= 15 is 0 Å². The summed E-state index contributed by atoms with van der Waals surface area (Å²) in [4.78, 5) is 25.2. The van der Waals surface area contributed by atoms with E-state index in [-0.39, 0.29) is 18.3 Å². The number of methoxy groups -OCH3 is 1. The lowest BCUT2D eigenvalue weighted by atomic mass is 9.86. The first-order valence-corrected chi connectivity index (χ1v) is 35.7. The van der Waals surface area contributed by atoms with Crippen molar-refractivity contribution in [3.63, 3.8) is 0 Å². The summed E-state index contributed by atoms with van der Waals surface area (Å²) < 4.78 is 32.7. The summed E-state index contributed by atoms with van der Waals surface area (Å²) in [5.41, 5.74) is 1.17. The van der Waals surface area contributed by atoms with Gasteiger partial charge in [-0.1, -0.05) is 19.9 Å². The van der Waals surface area contributed by atoms with E-state index < -0.39 is 67.9 Å². The molecule has 1 rings (SSSR count). The molecule has 0 amide bonds. The third kappa shape index (κ3) is 16.7. The predicted molar refractivity (Wildman–Crippen MR) is 212 cm³/mol. The molecule has 2 N–H and O–H groups in total. The number of carbonyl (C=O) groups is 2. The molecule has 0 radical (unpaired) electrons. The molecule has 0 aliphatic rings. The molecule has 2 unspecified atom stereocenters. The first-order chi connectivity index (χ1) is 21.4. The molecule has 0 spiro atoms. The van der Waals surface area contributed by atoms with Crippen molar-refractivity contribution in [1.29, 1.82) is 0 Å². The van der Waals surface area contributed by atoms with Crippen molar-refractivity contribution >= 4 is 67.9 Å². The lowest BCUT2D eigenvalue weighted by Crippen LogP contribution is -2.53. The van der Waals surface area contributed by atoms with Gasteiger partial charge >= 0.3 is 29.1 Å². The Labute approximate surface area is 297 Å². The molecule has 276 valence electrons. The second-order valence-electron chi connectivity index (χ2n) is 17.6.